The van der Waals surface area contributed by atoms with Crippen LogP contribution >= 0.6 is 0 Å². The number of methoxy groups -OCH3 is 1. The van der Waals surface area contributed by atoms with Crippen LogP contribution in [0, 0.1) is 20.8 Å². The molecule has 2 rings (SSSR count). The molecule has 0 unspecified atom stereocenters. The van der Waals surface area contributed by atoms with Crippen LogP contribution in [0.4, 0.5) is 0 Å². The molecular formula is C23H31NO3. The van der Waals surface area contributed by atoms with E-state index in [4.69, 9.17) is 9.47 Å². The molecule has 0 heterocycles. The molecule has 146 valence electrons. The van der Waals surface area contributed by atoms with Gasteiger partial charge in [-0.2, -0.15) is 0 Å². The molecule has 0 bridgehead atoms. The Bertz CT molecular complexity index is 785. The van der Waals surface area contributed by atoms with E-state index in [2.05, 4.69) is 24.4 Å². The summed E-state index contributed by atoms with van der Waals surface area (Å²) in [5.74, 6) is 1.53. The number of carbonyl (C=O) groups is 1. The summed E-state index contributed by atoms with van der Waals surface area (Å²) in [6, 6.07) is 12.0. The highest BCUT2D eigenvalue weighted by Gasteiger charge is 2.22. The van der Waals surface area contributed by atoms with Crippen molar-refractivity contribution in [3.05, 3.63) is 58.7 Å². The van der Waals surface area contributed by atoms with Crippen molar-refractivity contribution in [3.8, 4) is 11.5 Å². The molecule has 0 aliphatic heterocycles. The molecule has 1 N–H and O–H groups in total. The lowest BCUT2D eigenvalue weighted by molar-refractivity contribution is -0.129. The molecular weight excluding hydrogens is 338 g/mol. The first-order chi connectivity index (χ1) is 12.9. The van der Waals surface area contributed by atoms with Gasteiger partial charge >= 0.3 is 0 Å². The zero-order valence-corrected chi connectivity index (χ0v) is 17.3. The second-order valence-corrected chi connectivity index (χ2v) is 6.98. The van der Waals surface area contributed by atoms with Crippen molar-refractivity contribution in [2.24, 2.45) is 0 Å². The molecule has 4 heteroatoms. The summed E-state index contributed by atoms with van der Waals surface area (Å²) in [6.07, 6.45) is 0.897. The highest BCUT2D eigenvalue weighted by atomic mass is 16.5. The fourth-order valence-corrected chi connectivity index (χ4v) is 3.21. The summed E-state index contributed by atoms with van der Waals surface area (Å²) in [5, 5.41) is 3.15. The van der Waals surface area contributed by atoms with Crippen molar-refractivity contribution in [2.75, 3.05) is 7.11 Å². The van der Waals surface area contributed by atoms with E-state index < -0.39 is 6.10 Å². The van der Waals surface area contributed by atoms with Gasteiger partial charge in [-0.3, -0.25) is 4.79 Å². The SMILES string of the molecule is CC[C@H](Oc1ccc(C)cc1C)C(=O)N[C@H](CC)c1ccc(OC)c(C)c1. The molecule has 2 aromatic carbocycles. The van der Waals surface area contributed by atoms with Crippen LogP contribution in [-0.2, 0) is 4.79 Å². The Morgan fingerprint density at radius 1 is 0.963 bits per heavy atom. The minimum atomic E-state index is -0.514. The van der Waals surface area contributed by atoms with Gasteiger partial charge in [0.15, 0.2) is 6.10 Å². The number of benzene rings is 2. The average Bonchev–Trinajstić information content (AvgIpc) is 2.65. The number of hydrogen-bond acceptors (Lipinski definition) is 3. The molecule has 0 radical (unpaired) electrons. The van der Waals surface area contributed by atoms with Gasteiger partial charge in [-0.05, 0) is 62.4 Å². The molecule has 0 aliphatic carbocycles. The molecule has 1 amide bonds. The Balaban J connectivity index is 2.12. The first kappa shape index (κ1) is 20.8. The molecule has 4 nitrogen and oxygen atoms in total. The van der Waals surface area contributed by atoms with Crippen LogP contribution in [0.15, 0.2) is 36.4 Å². The lowest BCUT2D eigenvalue weighted by atomic mass is 10.0. The Hall–Kier alpha value is -2.49. The summed E-state index contributed by atoms with van der Waals surface area (Å²) in [5.41, 5.74) is 4.35. The first-order valence-electron chi connectivity index (χ1n) is 9.58. The van der Waals surface area contributed by atoms with Gasteiger partial charge < -0.3 is 14.8 Å². The third kappa shape index (κ3) is 5.25. The maximum absolute atomic E-state index is 12.8. The van der Waals surface area contributed by atoms with Gasteiger partial charge in [0.1, 0.15) is 11.5 Å². The second-order valence-electron chi connectivity index (χ2n) is 6.98. The predicted molar refractivity (Wildman–Crippen MR) is 110 cm³/mol. The van der Waals surface area contributed by atoms with Crippen molar-refractivity contribution in [3.63, 3.8) is 0 Å². The summed E-state index contributed by atoms with van der Waals surface area (Å²) in [7, 11) is 1.66. The van der Waals surface area contributed by atoms with Crippen molar-refractivity contribution >= 4 is 5.91 Å². The largest absolute Gasteiger partial charge is 0.496 e. The summed E-state index contributed by atoms with van der Waals surface area (Å²) >= 11 is 0. The fraction of sp³-hybridized carbons (Fsp3) is 0.435. The van der Waals surface area contributed by atoms with Crippen molar-refractivity contribution in [1.82, 2.24) is 5.32 Å². The van der Waals surface area contributed by atoms with Crippen LogP contribution in [0.5, 0.6) is 11.5 Å². The molecule has 2 atom stereocenters. The van der Waals surface area contributed by atoms with Crippen LogP contribution in [-0.4, -0.2) is 19.1 Å². The standard InChI is InChI=1S/C23H31NO3/c1-7-19(18-10-12-21(26-6)17(5)14-18)24-23(25)20(8-2)27-22-11-9-15(3)13-16(22)4/h9-14,19-20H,7-8H2,1-6H3,(H,24,25)/t19-,20+/m1/s1. The molecule has 0 spiro atoms. The highest BCUT2D eigenvalue weighted by molar-refractivity contribution is 5.81. The van der Waals surface area contributed by atoms with E-state index in [1.165, 1.54) is 5.56 Å². The number of hydrogen-bond donors (Lipinski definition) is 1. The van der Waals surface area contributed by atoms with Gasteiger partial charge in [0, 0.05) is 0 Å². The number of ether oxygens (including phenoxy) is 2. The maximum atomic E-state index is 12.8. The van der Waals surface area contributed by atoms with Crippen molar-refractivity contribution in [1.29, 1.82) is 0 Å². The van der Waals surface area contributed by atoms with E-state index in [1.807, 2.05) is 52.0 Å². The molecule has 0 aliphatic rings. The van der Waals surface area contributed by atoms with Gasteiger partial charge in [-0.15, -0.1) is 0 Å². The lowest BCUT2D eigenvalue weighted by Gasteiger charge is -2.23. The minimum absolute atomic E-state index is 0.0566. The topological polar surface area (TPSA) is 47.6 Å². The quantitative estimate of drug-likeness (QED) is 0.709. The Kier molecular flexibility index (Phi) is 7.28. The molecule has 0 saturated heterocycles. The molecule has 27 heavy (non-hydrogen) atoms. The monoisotopic (exact) mass is 369 g/mol. The average molecular weight is 370 g/mol. The van der Waals surface area contributed by atoms with Crippen LogP contribution in [0.3, 0.4) is 0 Å². The first-order valence-corrected chi connectivity index (χ1v) is 9.58. The van der Waals surface area contributed by atoms with Gasteiger partial charge in [-0.1, -0.05) is 43.7 Å². The van der Waals surface area contributed by atoms with Crippen molar-refractivity contribution in [2.45, 2.75) is 59.6 Å². The number of nitrogens with one attached hydrogen (secondary N) is 1. The maximum Gasteiger partial charge on any atom is 0.261 e. The number of rotatable bonds is 8. The van der Waals surface area contributed by atoms with E-state index >= 15 is 0 Å². The van der Waals surface area contributed by atoms with Gasteiger partial charge in [0.25, 0.3) is 5.91 Å². The predicted octanol–water partition coefficient (Wildman–Crippen LogP) is 5.05. The number of carbonyl (C=O) groups excluding carboxylic acids is 1. The van der Waals surface area contributed by atoms with E-state index in [1.54, 1.807) is 7.11 Å². The van der Waals surface area contributed by atoms with E-state index in [0.29, 0.717) is 6.42 Å². The fourth-order valence-electron chi connectivity index (χ4n) is 3.21. The highest BCUT2D eigenvalue weighted by Crippen LogP contribution is 2.25. The normalized spacial score (nSPS) is 13.0. The van der Waals surface area contributed by atoms with E-state index in [-0.39, 0.29) is 11.9 Å². The number of amides is 1. The lowest BCUT2D eigenvalue weighted by Crippen LogP contribution is -2.40. The molecule has 0 saturated carbocycles. The van der Waals surface area contributed by atoms with Crippen LogP contribution < -0.4 is 14.8 Å². The summed E-state index contributed by atoms with van der Waals surface area (Å²) in [4.78, 5) is 12.8. The third-order valence-electron chi connectivity index (χ3n) is 4.81. The van der Waals surface area contributed by atoms with Gasteiger partial charge in [0.2, 0.25) is 0 Å². The van der Waals surface area contributed by atoms with Gasteiger partial charge in [0.05, 0.1) is 13.2 Å². The number of aryl methyl sites for hydroxylation is 3. The van der Waals surface area contributed by atoms with Gasteiger partial charge in [-0.25, -0.2) is 0 Å². The molecule has 0 aromatic heterocycles. The van der Waals surface area contributed by atoms with Crippen molar-refractivity contribution < 1.29 is 14.3 Å². The molecule has 0 fully saturated rings. The Labute approximate surface area is 162 Å². The van der Waals surface area contributed by atoms with Crippen LogP contribution in [0.25, 0.3) is 0 Å². The summed E-state index contributed by atoms with van der Waals surface area (Å²) in [6.45, 7) is 10.1. The second kappa shape index (κ2) is 9.45. The van der Waals surface area contributed by atoms with E-state index in [0.717, 1.165) is 34.6 Å². The molecule has 2 aromatic rings. The zero-order chi connectivity index (χ0) is 20.0. The Morgan fingerprint density at radius 3 is 2.19 bits per heavy atom. The van der Waals surface area contributed by atoms with Crippen LogP contribution in [0.2, 0.25) is 0 Å². The third-order valence-corrected chi connectivity index (χ3v) is 4.81. The smallest absolute Gasteiger partial charge is 0.261 e. The zero-order valence-electron chi connectivity index (χ0n) is 17.3. The minimum Gasteiger partial charge on any atom is -0.496 e. The van der Waals surface area contributed by atoms with E-state index in [9.17, 15) is 4.79 Å². The Morgan fingerprint density at radius 2 is 1.63 bits per heavy atom. The van der Waals surface area contributed by atoms with Crippen LogP contribution in [0.1, 0.15) is 55.0 Å². The summed E-state index contributed by atoms with van der Waals surface area (Å²) < 4.78 is 11.3.